The summed E-state index contributed by atoms with van der Waals surface area (Å²) in [5.74, 6) is -3.74. The standard InChI is InChI=1S/C35H33N3O4/c1-36-19-20-38-32(39)29-30(33(38)40)35(34(41)42,22-25-15-16-26-9-5-6-10-28(26)21-25)37-31(29)27-17-13-24(14-18-27)12-11-23-7-3-2-4-8-23/h2-18,21,29-31,36-37H,19-20,22H2,1H3,(H,41,42)/b12-11+. The zero-order valence-electron chi connectivity index (χ0n) is 23.4. The molecule has 4 aromatic carbocycles. The highest BCUT2D eigenvalue weighted by atomic mass is 16.4. The van der Waals surface area contributed by atoms with E-state index >= 15 is 0 Å². The van der Waals surface area contributed by atoms with Gasteiger partial charge in [-0.2, -0.15) is 0 Å². The number of benzene rings is 4. The minimum atomic E-state index is -1.65. The number of carboxylic acid groups (broad SMARTS) is 1. The third-order valence-electron chi connectivity index (χ3n) is 8.57. The molecule has 0 bridgehead atoms. The zero-order chi connectivity index (χ0) is 29.3. The first kappa shape index (κ1) is 27.6. The maximum absolute atomic E-state index is 13.8. The van der Waals surface area contributed by atoms with Crippen molar-refractivity contribution in [1.29, 1.82) is 0 Å². The molecule has 212 valence electrons. The molecular weight excluding hydrogens is 526 g/mol. The fourth-order valence-electron chi connectivity index (χ4n) is 6.47. The van der Waals surface area contributed by atoms with Crippen molar-refractivity contribution in [3.8, 4) is 0 Å². The molecule has 3 N–H and O–H groups in total. The average Bonchev–Trinajstić information content (AvgIpc) is 3.49. The summed E-state index contributed by atoms with van der Waals surface area (Å²) in [6.07, 6.45) is 4.10. The summed E-state index contributed by atoms with van der Waals surface area (Å²) in [5.41, 5.74) is 1.98. The van der Waals surface area contributed by atoms with Crippen LogP contribution in [-0.4, -0.2) is 53.5 Å². The van der Waals surface area contributed by atoms with Crippen LogP contribution >= 0.6 is 0 Å². The van der Waals surface area contributed by atoms with Crippen molar-refractivity contribution in [1.82, 2.24) is 15.5 Å². The summed E-state index contributed by atoms with van der Waals surface area (Å²) in [6.45, 7) is 0.630. The van der Waals surface area contributed by atoms with E-state index in [0.29, 0.717) is 6.54 Å². The molecule has 0 saturated carbocycles. The predicted octanol–water partition coefficient (Wildman–Crippen LogP) is 4.54. The Labute approximate surface area is 244 Å². The Morgan fingerprint density at radius 2 is 1.55 bits per heavy atom. The van der Waals surface area contributed by atoms with Gasteiger partial charge in [0.1, 0.15) is 5.54 Å². The summed E-state index contributed by atoms with van der Waals surface area (Å²) in [6, 6.07) is 30.8. The Morgan fingerprint density at radius 3 is 2.24 bits per heavy atom. The summed E-state index contributed by atoms with van der Waals surface area (Å²) in [5, 5.41) is 19.1. The third-order valence-corrected chi connectivity index (χ3v) is 8.57. The van der Waals surface area contributed by atoms with E-state index in [1.807, 2.05) is 109 Å². The van der Waals surface area contributed by atoms with Gasteiger partial charge in [-0.15, -0.1) is 0 Å². The Balaban J connectivity index is 1.37. The molecule has 4 atom stereocenters. The van der Waals surface area contributed by atoms with Crippen LogP contribution in [0, 0.1) is 11.8 Å². The number of amides is 2. The second-order valence-corrected chi connectivity index (χ2v) is 11.1. The van der Waals surface area contributed by atoms with E-state index in [2.05, 4.69) is 10.6 Å². The van der Waals surface area contributed by atoms with Crippen LogP contribution in [0.5, 0.6) is 0 Å². The second-order valence-electron chi connectivity index (χ2n) is 11.1. The van der Waals surface area contributed by atoms with E-state index in [9.17, 15) is 19.5 Å². The molecule has 2 aliphatic heterocycles. The third kappa shape index (κ3) is 4.91. The monoisotopic (exact) mass is 559 g/mol. The molecule has 0 spiro atoms. The van der Waals surface area contributed by atoms with E-state index in [1.165, 1.54) is 4.90 Å². The number of likely N-dealkylation sites (tertiary alicyclic amines) is 1. The number of carboxylic acids is 1. The number of rotatable bonds is 9. The number of carbonyl (C=O) groups is 3. The lowest BCUT2D eigenvalue weighted by atomic mass is 9.76. The molecule has 7 heteroatoms. The summed E-state index contributed by atoms with van der Waals surface area (Å²) in [4.78, 5) is 42.1. The number of hydrogen-bond donors (Lipinski definition) is 3. The van der Waals surface area contributed by atoms with Gasteiger partial charge in [0.05, 0.1) is 11.8 Å². The summed E-state index contributed by atoms with van der Waals surface area (Å²) >= 11 is 0. The van der Waals surface area contributed by atoms with E-state index in [4.69, 9.17) is 0 Å². The summed E-state index contributed by atoms with van der Waals surface area (Å²) < 4.78 is 0. The Morgan fingerprint density at radius 1 is 0.881 bits per heavy atom. The van der Waals surface area contributed by atoms with Crippen molar-refractivity contribution in [2.45, 2.75) is 18.0 Å². The molecule has 2 aliphatic rings. The maximum Gasteiger partial charge on any atom is 0.325 e. The van der Waals surface area contributed by atoms with Gasteiger partial charge in [-0.25, -0.2) is 0 Å². The Bertz CT molecular complexity index is 1670. The normalized spacial score (nSPS) is 23.6. The van der Waals surface area contributed by atoms with E-state index in [0.717, 1.165) is 33.0 Å². The van der Waals surface area contributed by atoms with Crippen LogP contribution in [0.1, 0.15) is 28.3 Å². The molecule has 0 radical (unpaired) electrons. The van der Waals surface area contributed by atoms with Crippen LogP contribution in [0.3, 0.4) is 0 Å². The highest BCUT2D eigenvalue weighted by molar-refractivity contribution is 6.09. The predicted molar refractivity (Wildman–Crippen MR) is 163 cm³/mol. The van der Waals surface area contributed by atoms with Gasteiger partial charge in [-0.3, -0.25) is 24.6 Å². The van der Waals surface area contributed by atoms with Crippen LogP contribution in [0.15, 0.2) is 97.1 Å². The van der Waals surface area contributed by atoms with Gasteiger partial charge < -0.3 is 10.4 Å². The largest absolute Gasteiger partial charge is 0.480 e. The zero-order valence-corrected chi connectivity index (χ0v) is 23.4. The van der Waals surface area contributed by atoms with Crippen molar-refractivity contribution in [2.24, 2.45) is 11.8 Å². The van der Waals surface area contributed by atoms with E-state index < -0.39 is 35.3 Å². The van der Waals surface area contributed by atoms with Crippen LogP contribution < -0.4 is 10.6 Å². The minimum Gasteiger partial charge on any atom is -0.480 e. The van der Waals surface area contributed by atoms with Crippen LogP contribution in [0.25, 0.3) is 22.9 Å². The quantitative estimate of drug-likeness (QED) is 0.206. The smallest absolute Gasteiger partial charge is 0.325 e. The molecule has 4 aromatic rings. The number of nitrogens with one attached hydrogen (secondary N) is 2. The van der Waals surface area contributed by atoms with Crippen molar-refractivity contribution in [2.75, 3.05) is 20.1 Å². The molecule has 2 saturated heterocycles. The number of hydrogen-bond acceptors (Lipinski definition) is 5. The molecule has 7 nitrogen and oxygen atoms in total. The van der Waals surface area contributed by atoms with Gasteiger partial charge in [0.2, 0.25) is 11.8 Å². The van der Waals surface area contributed by atoms with Gasteiger partial charge in [0, 0.05) is 25.6 Å². The number of fused-ring (bicyclic) bond motifs is 2. The number of likely N-dealkylation sites (N-methyl/N-ethyl adjacent to an activating group) is 1. The number of aliphatic carboxylic acids is 1. The molecule has 6 rings (SSSR count). The topological polar surface area (TPSA) is 98.7 Å². The van der Waals surface area contributed by atoms with Gasteiger partial charge in [0.25, 0.3) is 0 Å². The van der Waals surface area contributed by atoms with Gasteiger partial charge in [0.15, 0.2) is 0 Å². The maximum atomic E-state index is 13.8. The highest BCUT2D eigenvalue weighted by Gasteiger charge is 2.68. The SMILES string of the molecule is CNCCN1C(=O)C2C(c3ccc(/C=C/c4ccccc4)cc3)NC(Cc3ccc4ccccc4c3)(C(=O)O)C2C1=O. The fourth-order valence-corrected chi connectivity index (χ4v) is 6.47. The van der Waals surface area contributed by atoms with Gasteiger partial charge in [-0.05, 0) is 40.1 Å². The average molecular weight is 560 g/mol. The molecule has 2 amide bonds. The lowest BCUT2D eigenvalue weighted by molar-refractivity contribution is -0.151. The van der Waals surface area contributed by atoms with Crippen molar-refractivity contribution >= 4 is 40.7 Å². The lowest BCUT2D eigenvalue weighted by Crippen LogP contribution is -2.57. The first-order chi connectivity index (χ1) is 20.4. The van der Waals surface area contributed by atoms with Crippen LogP contribution in [0.2, 0.25) is 0 Å². The summed E-state index contributed by atoms with van der Waals surface area (Å²) in [7, 11) is 1.76. The number of carbonyl (C=O) groups excluding carboxylic acids is 2. The molecule has 4 unspecified atom stereocenters. The minimum absolute atomic E-state index is 0.0711. The molecular formula is C35H33N3O4. The van der Waals surface area contributed by atoms with Crippen molar-refractivity contribution in [3.05, 3.63) is 119 Å². The van der Waals surface area contributed by atoms with Gasteiger partial charge >= 0.3 is 5.97 Å². The van der Waals surface area contributed by atoms with Crippen molar-refractivity contribution < 1.29 is 19.5 Å². The number of nitrogens with zero attached hydrogens (tertiary/aromatic N) is 1. The molecule has 0 aromatic heterocycles. The highest BCUT2D eigenvalue weighted by Crippen LogP contribution is 2.50. The van der Waals surface area contributed by atoms with E-state index in [1.54, 1.807) is 7.05 Å². The molecule has 0 aliphatic carbocycles. The first-order valence-electron chi connectivity index (χ1n) is 14.2. The van der Waals surface area contributed by atoms with Crippen LogP contribution in [-0.2, 0) is 20.8 Å². The molecule has 2 fully saturated rings. The Hall–Kier alpha value is -4.59. The molecule has 42 heavy (non-hydrogen) atoms. The van der Waals surface area contributed by atoms with Crippen molar-refractivity contribution in [3.63, 3.8) is 0 Å². The lowest BCUT2D eigenvalue weighted by Gasteiger charge is -2.31. The fraction of sp³-hybridized carbons (Fsp3) is 0.229. The van der Waals surface area contributed by atoms with E-state index in [-0.39, 0.29) is 18.9 Å². The second kappa shape index (κ2) is 11.4. The molecule has 2 heterocycles. The number of imide groups is 1. The first-order valence-corrected chi connectivity index (χ1v) is 14.2. The Kier molecular flexibility index (Phi) is 7.45. The van der Waals surface area contributed by atoms with Crippen LogP contribution in [0.4, 0.5) is 0 Å². The van der Waals surface area contributed by atoms with Gasteiger partial charge in [-0.1, -0.05) is 109 Å².